The maximum absolute atomic E-state index is 6.45. The summed E-state index contributed by atoms with van der Waals surface area (Å²) < 4.78 is 12.1. The van der Waals surface area contributed by atoms with Crippen molar-refractivity contribution in [1.82, 2.24) is 9.97 Å². The third kappa shape index (κ3) is 4.75. The summed E-state index contributed by atoms with van der Waals surface area (Å²) >= 11 is 0. The Morgan fingerprint density at radius 3 is 2.05 bits per heavy atom. The first kappa shape index (κ1) is 16.9. The lowest BCUT2D eigenvalue weighted by molar-refractivity contribution is 0.0378. The Kier molecular flexibility index (Phi) is 5.95. The molecule has 114 valence electrons. The van der Waals surface area contributed by atoms with E-state index in [4.69, 9.17) is 14.9 Å². The van der Waals surface area contributed by atoms with Gasteiger partial charge in [0.05, 0.1) is 23.7 Å². The van der Waals surface area contributed by atoms with E-state index in [-0.39, 0.29) is 5.60 Å². The smallest absolute Gasteiger partial charge is 0.316 e. The van der Waals surface area contributed by atoms with Crippen LogP contribution in [0.5, 0.6) is 6.01 Å². The molecular formula is C14H27N3O2Si. The highest BCUT2D eigenvalue weighted by Gasteiger charge is 2.36. The number of hydrogen-bond donors (Lipinski definition) is 1. The van der Waals surface area contributed by atoms with Gasteiger partial charge >= 0.3 is 6.01 Å². The van der Waals surface area contributed by atoms with Crippen molar-refractivity contribution < 1.29 is 9.16 Å². The highest BCUT2D eigenvalue weighted by Crippen LogP contribution is 2.28. The quantitative estimate of drug-likeness (QED) is 0.746. The molecular weight excluding hydrogens is 270 g/mol. The van der Waals surface area contributed by atoms with E-state index in [9.17, 15) is 0 Å². The van der Waals surface area contributed by atoms with Crippen molar-refractivity contribution in [2.24, 2.45) is 0 Å². The van der Waals surface area contributed by atoms with E-state index in [0.29, 0.717) is 18.3 Å². The molecule has 0 aliphatic carbocycles. The minimum atomic E-state index is -1.64. The van der Waals surface area contributed by atoms with E-state index in [1.165, 1.54) is 0 Å². The Bertz CT molecular complexity index is 397. The molecule has 0 amide bonds. The first-order valence-electron chi connectivity index (χ1n) is 7.27. The van der Waals surface area contributed by atoms with Crippen LogP contribution in [0.4, 0.5) is 5.69 Å². The number of rotatable bonds is 8. The molecule has 6 heteroatoms. The lowest BCUT2D eigenvalue weighted by Crippen LogP contribution is -2.47. The number of aromatic nitrogens is 2. The summed E-state index contributed by atoms with van der Waals surface area (Å²) in [5.41, 5.74) is 5.74. The molecule has 0 saturated carbocycles. The number of hydrogen-bond acceptors (Lipinski definition) is 5. The van der Waals surface area contributed by atoms with Crippen LogP contribution in [0.15, 0.2) is 12.4 Å². The van der Waals surface area contributed by atoms with Crippen LogP contribution in [-0.2, 0) is 4.43 Å². The Morgan fingerprint density at radius 2 is 1.60 bits per heavy atom. The molecule has 1 aromatic heterocycles. The van der Waals surface area contributed by atoms with Crippen LogP contribution in [0.2, 0.25) is 18.1 Å². The number of nitrogens with zero attached hydrogens (tertiary/aromatic N) is 2. The summed E-state index contributed by atoms with van der Waals surface area (Å²) in [6.07, 6.45) is 3.08. The summed E-state index contributed by atoms with van der Waals surface area (Å²) in [7, 11) is -1.64. The zero-order valence-corrected chi connectivity index (χ0v) is 14.3. The van der Waals surface area contributed by atoms with E-state index in [1.807, 2.05) is 0 Å². The van der Waals surface area contributed by atoms with Gasteiger partial charge in [-0.1, -0.05) is 20.8 Å². The fourth-order valence-electron chi connectivity index (χ4n) is 2.22. The molecule has 5 nitrogen and oxygen atoms in total. The van der Waals surface area contributed by atoms with Crippen molar-refractivity contribution in [1.29, 1.82) is 0 Å². The van der Waals surface area contributed by atoms with Crippen LogP contribution in [0.3, 0.4) is 0 Å². The number of anilines is 1. The second-order valence-electron chi connectivity index (χ2n) is 5.69. The molecule has 0 fully saturated rings. The number of ether oxygens (including phenoxy) is 1. The lowest BCUT2D eigenvalue weighted by atomic mass is 10.2. The summed E-state index contributed by atoms with van der Waals surface area (Å²) in [4.78, 5) is 8.07. The Labute approximate surface area is 123 Å². The van der Waals surface area contributed by atoms with Gasteiger partial charge in [0.25, 0.3) is 0 Å². The highest BCUT2D eigenvalue weighted by molar-refractivity contribution is 6.73. The van der Waals surface area contributed by atoms with Gasteiger partial charge in [-0.05, 0) is 32.0 Å². The van der Waals surface area contributed by atoms with Gasteiger partial charge in [0.2, 0.25) is 0 Å². The summed E-state index contributed by atoms with van der Waals surface area (Å²) in [6.45, 7) is 11.2. The van der Waals surface area contributed by atoms with Gasteiger partial charge in [0.15, 0.2) is 8.32 Å². The third-order valence-corrected chi connectivity index (χ3v) is 8.47. The minimum Gasteiger partial charge on any atom is -0.460 e. The van der Waals surface area contributed by atoms with E-state index in [1.54, 1.807) is 12.4 Å². The SMILES string of the molecule is CC[Si](CC)(CC)OC(C)(C)COc1ncc(N)cn1. The largest absolute Gasteiger partial charge is 0.460 e. The summed E-state index contributed by atoms with van der Waals surface area (Å²) in [5.74, 6) is 0. The van der Waals surface area contributed by atoms with E-state index in [2.05, 4.69) is 44.6 Å². The Morgan fingerprint density at radius 1 is 1.10 bits per heavy atom. The normalized spacial score (nSPS) is 12.4. The van der Waals surface area contributed by atoms with Crippen molar-refractivity contribution in [2.45, 2.75) is 58.4 Å². The number of nitrogen functional groups attached to an aromatic ring is 1. The van der Waals surface area contributed by atoms with Gasteiger partial charge in [0, 0.05) is 0 Å². The standard InChI is InChI=1S/C14H27N3O2Si/c1-6-20(7-2,8-3)19-14(4,5)11-18-13-16-9-12(15)10-17-13/h9-10H,6-8,11,15H2,1-5H3. The average Bonchev–Trinajstić information content (AvgIpc) is 2.44. The molecule has 1 heterocycles. The molecule has 0 unspecified atom stereocenters. The van der Waals surface area contributed by atoms with Crippen LogP contribution in [0, 0.1) is 0 Å². The first-order valence-corrected chi connectivity index (χ1v) is 9.80. The van der Waals surface area contributed by atoms with Crippen molar-refractivity contribution in [2.75, 3.05) is 12.3 Å². The second kappa shape index (κ2) is 7.03. The minimum absolute atomic E-state index is 0.334. The lowest BCUT2D eigenvalue weighted by Gasteiger charge is -2.37. The van der Waals surface area contributed by atoms with Crippen LogP contribution in [0.1, 0.15) is 34.6 Å². The molecule has 0 saturated heterocycles. The molecule has 2 N–H and O–H groups in total. The fraction of sp³-hybridized carbons (Fsp3) is 0.714. The zero-order valence-electron chi connectivity index (χ0n) is 13.3. The molecule has 1 aromatic rings. The van der Waals surface area contributed by atoms with E-state index < -0.39 is 8.32 Å². The van der Waals surface area contributed by atoms with Crippen molar-refractivity contribution in [3.63, 3.8) is 0 Å². The molecule has 0 spiro atoms. The fourth-order valence-corrected chi connectivity index (χ4v) is 5.39. The third-order valence-electron chi connectivity index (χ3n) is 3.62. The van der Waals surface area contributed by atoms with Gasteiger partial charge in [-0.15, -0.1) is 0 Å². The molecule has 0 aliphatic heterocycles. The Hall–Kier alpha value is -1.14. The predicted molar refractivity (Wildman–Crippen MR) is 84.3 cm³/mol. The van der Waals surface area contributed by atoms with Gasteiger partial charge in [-0.2, -0.15) is 0 Å². The van der Waals surface area contributed by atoms with Crippen molar-refractivity contribution in [3.8, 4) is 6.01 Å². The Balaban J connectivity index is 2.62. The second-order valence-corrected chi connectivity index (χ2v) is 10.4. The van der Waals surface area contributed by atoms with Crippen molar-refractivity contribution in [3.05, 3.63) is 12.4 Å². The van der Waals surface area contributed by atoms with Gasteiger partial charge in [0.1, 0.15) is 6.61 Å². The monoisotopic (exact) mass is 297 g/mol. The van der Waals surface area contributed by atoms with Gasteiger partial charge in [-0.25, -0.2) is 9.97 Å². The maximum Gasteiger partial charge on any atom is 0.316 e. The molecule has 1 rings (SSSR count). The van der Waals surface area contributed by atoms with Crippen LogP contribution in [-0.4, -0.2) is 30.5 Å². The van der Waals surface area contributed by atoms with E-state index in [0.717, 1.165) is 18.1 Å². The van der Waals surface area contributed by atoms with Gasteiger partial charge < -0.3 is 14.9 Å². The van der Waals surface area contributed by atoms with Gasteiger partial charge in [-0.3, -0.25) is 0 Å². The summed E-state index contributed by atoms with van der Waals surface area (Å²) in [5, 5.41) is 0. The first-order chi connectivity index (χ1) is 9.36. The molecule has 0 aliphatic rings. The molecule has 0 atom stereocenters. The molecule has 20 heavy (non-hydrogen) atoms. The topological polar surface area (TPSA) is 70.3 Å². The average molecular weight is 297 g/mol. The van der Waals surface area contributed by atoms with Crippen molar-refractivity contribution >= 4 is 14.0 Å². The predicted octanol–water partition coefficient (Wildman–Crippen LogP) is 3.24. The zero-order chi connectivity index (χ0) is 15.2. The molecule has 0 aromatic carbocycles. The highest BCUT2D eigenvalue weighted by atomic mass is 28.4. The van der Waals surface area contributed by atoms with E-state index >= 15 is 0 Å². The number of nitrogens with two attached hydrogens (primary N) is 1. The molecule has 0 bridgehead atoms. The van der Waals surface area contributed by atoms with Crippen LogP contribution in [0.25, 0.3) is 0 Å². The van der Waals surface area contributed by atoms with Crippen LogP contribution < -0.4 is 10.5 Å². The maximum atomic E-state index is 6.45. The summed E-state index contributed by atoms with van der Waals surface area (Å²) in [6, 6.07) is 3.72. The molecule has 0 radical (unpaired) electrons. The van der Waals surface area contributed by atoms with Crippen LogP contribution >= 0.6 is 0 Å².